The normalized spacial score (nSPS) is 17.3. The molecule has 6 aromatic rings. The summed E-state index contributed by atoms with van der Waals surface area (Å²) in [6, 6.07) is 19.9. The van der Waals surface area contributed by atoms with Gasteiger partial charge in [-0.2, -0.15) is 4.98 Å². The Hall–Kier alpha value is -6.68. The number of fused-ring (bicyclic) bond motifs is 1. The van der Waals surface area contributed by atoms with E-state index < -0.39 is 0 Å². The number of nitrogens with one attached hydrogen (secondary N) is 3. The van der Waals surface area contributed by atoms with Crippen LogP contribution in [0, 0.1) is 12.8 Å². The second kappa shape index (κ2) is 17.2. The van der Waals surface area contributed by atoms with E-state index in [-0.39, 0.29) is 35.1 Å². The van der Waals surface area contributed by atoms with Gasteiger partial charge in [-0.25, -0.2) is 14.8 Å². The number of hydrogen-bond acceptors (Lipinski definition) is 12. The maximum atomic E-state index is 13.0. The Kier molecular flexibility index (Phi) is 11.4. The molecule has 3 aliphatic heterocycles. The summed E-state index contributed by atoms with van der Waals surface area (Å²) in [6.07, 6.45) is 6.17. The van der Waals surface area contributed by atoms with Crippen LogP contribution in [-0.2, 0) is 10.2 Å². The zero-order valence-corrected chi connectivity index (χ0v) is 36.5. The molecule has 63 heavy (non-hydrogen) atoms. The van der Waals surface area contributed by atoms with Crippen molar-refractivity contribution >= 4 is 45.9 Å². The fraction of sp³-hybridized carbons (Fsp3) is 0.404. The Bertz CT molecular complexity index is 2620. The number of aromatic amines is 1. The average molecular weight is 851 g/mol. The van der Waals surface area contributed by atoms with Gasteiger partial charge in [0.25, 0.3) is 11.7 Å². The smallest absolute Gasteiger partial charge is 0.328 e. The fourth-order valence-corrected chi connectivity index (χ4v) is 8.89. The largest absolute Gasteiger partial charge is 0.372 e. The molecule has 7 heterocycles. The van der Waals surface area contributed by atoms with Gasteiger partial charge in [0.15, 0.2) is 0 Å². The molecule has 0 radical (unpaired) electrons. The van der Waals surface area contributed by atoms with Crippen molar-refractivity contribution < 1.29 is 18.9 Å². The highest BCUT2D eigenvalue weighted by Crippen LogP contribution is 2.33. The van der Waals surface area contributed by atoms with Crippen LogP contribution < -0.4 is 25.3 Å². The number of aromatic nitrogens is 6. The lowest BCUT2D eigenvalue weighted by atomic mass is 9.95. The van der Waals surface area contributed by atoms with E-state index in [9.17, 15) is 14.4 Å². The second-order valence-electron chi connectivity index (χ2n) is 18.0. The zero-order valence-electron chi connectivity index (χ0n) is 36.5. The summed E-state index contributed by atoms with van der Waals surface area (Å²) >= 11 is 0. The van der Waals surface area contributed by atoms with Crippen LogP contribution in [-0.4, -0.2) is 105 Å². The molecule has 3 aliphatic rings. The molecule has 326 valence electrons. The third-order valence-electron chi connectivity index (χ3n) is 12.5. The van der Waals surface area contributed by atoms with E-state index in [4.69, 9.17) is 9.51 Å². The monoisotopic (exact) mass is 850 g/mol. The number of carbonyl (C=O) groups is 3. The van der Waals surface area contributed by atoms with Gasteiger partial charge in [-0.3, -0.25) is 29.7 Å². The van der Waals surface area contributed by atoms with Gasteiger partial charge in [-0.1, -0.05) is 38.1 Å². The minimum Gasteiger partial charge on any atom is -0.372 e. The summed E-state index contributed by atoms with van der Waals surface area (Å²) in [6.45, 7) is 17.4. The molecule has 3 fully saturated rings. The first-order valence-corrected chi connectivity index (χ1v) is 21.9. The van der Waals surface area contributed by atoms with Crippen molar-refractivity contribution in [1.29, 1.82) is 0 Å². The Balaban J connectivity index is 0.768. The van der Waals surface area contributed by atoms with E-state index in [1.165, 1.54) is 5.69 Å². The molecule has 0 aliphatic carbocycles. The summed E-state index contributed by atoms with van der Waals surface area (Å²) in [5.74, 6) is 0.495. The number of pyridine rings is 1. The minimum absolute atomic E-state index is 0.0189. The van der Waals surface area contributed by atoms with Gasteiger partial charge < -0.3 is 24.6 Å². The average Bonchev–Trinajstić information content (AvgIpc) is 3.97. The quantitative estimate of drug-likeness (QED) is 0.134. The van der Waals surface area contributed by atoms with Crippen molar-refractivity contribution in [2.45, 2.75) is 65.3 Å². The third-order valence-corrected chi connectivity index (χ3v) is 12.5. The number of nitrogens with zero attached hydrogens (tertiary/aromatic N) is 9. The van der Waals surface area contributed by atoms with Gasteiger partial charge in [0, 0.05) is 86.5 Å². The molecule has 3 saturated heterocycles. The van der Waals surface area contributed by atoms with Gasteiger partial charge in [-0.05, 0) is 92.3 Å². The number of anilines is 3. The van der Waals surface area contributed by atoms with Crippen LogP contribution in [0.3, 0.4) is 0 Å². The van der Waals surface area contributed by atoms with Gasteiger partial charge in [-0.15, -0.1) is 0 Å². The van der Waals surface area contributed by atoms with Crippen molar-refractivity contribution in [2.75, 3.05) is 67.1 Å². The van der Waals surface area contributed by atoms with Crippen LogP contribution in [0.2, 0.25) is 0 Å². The van der Waals surface area contributed by atoms with Crippen molar-refractivity contribution in [3.8, 4) is 22.6 Å². The number of amides is 4. The van der Waals surface area contributed by atoms with Crippen molar-refractivity contribution in [1.82, 2.24) is 45.6 Å². The molecule has 0 saturated carbocycles. The minimum atomic E-state index is -0.388. The van der Waals surface area contributed by atoms with Crippen molar-refractivity contribution in [2.24, 2.45) is 5.92 Å². The summed E-state index contributed by atoms with van der Waals surface area (Å²) in [5.41, 5.74) is 8.95. The van der Waals surface area contributed by atoms with E-state index in [2.05, 4.69) is 86.8 Å². The van der Waals surface area contributed by atoms with Gasteiger partial charge in [0.1, 0.15) is 12.0 Å². The highest BCUT2D eigenvalue weighted by Gasteiger charge is 2.28. The third kappa shape index (κ3) is 8.98. The number of imide groups is 1. The van der Waals surface area contributed by atoms with Crippen LogP contribution in [0.15, 0.2) is 77.7 Å². The molecule has 2 aromatic carbocycles. The Morgan fingerprint density at radius 1 is 0.873 bits per heavy atom. The summed E-state index contributed by atoms with van der Waals surface area (Å²) < 4.78 is 5.31. The predicted molar refractivity (Wildman–Crippen MR) is 242 cm³/mol. The standard InChI is InChI=1S/C47H54N12O4/c1-29-24-32(6-12-36(29)30(2)51-44(61)43-54-45(63-55-43)47(3,4)5)41-37-25-39(52-42(37)50-28-49-41)38-13-11-35(26-48-38)58-22-20-56(21-23-58)27-31-14-17-57(18-15-31)33-7-9-34(10-8-33)59-19-16-40(60)53-46(59)62/h6-13,24-26,28,30-31H,14-23,27H2,1-5H3,(H,51,61)(H,49,50,52)(H,53,60,62)/t30-/m1/s1. The van der Waals surface area contributed by atoms with Crippen LogP contribution in [0.1, 0.15) is 80.6 Å². The molecule has 4 amide bonds. The number of piperidine rings is 1. The summed E-state index contributed by atoms with van der Waals surface area (Å²) in [5, 5.41) is 10.2. The number of benzene rings is 2. The molecule has 0 spiro atoms. The molecular formula is C47H54N12O4. The highest BCUT2D eigenvalue weighted by molar-refractivity contribution is 6.05. The van der Waals surface area contributed by atoms with Crippen LogP contribution in [0.4, 0.5) is 21.9 Å². The molecule has 9 rings (SSSR count). The fourth-order valence-electron chi connectivity index (χ4n) is 8.89. The number of urea groups is 1. The van der Waals surface area contributed by atoms with Crippen molar-refractivity contribution in [3.63, 3.8) is 0 Å². The molecule has 16 nitrogen and oxygen atoms in total. The van der Waals surface area contributed by atoms with Gasteiger partial charge in [0.2, 0.25) is 11.8 Å². The first-order valence-electron chi connectivity index (χ1n) is 21.9. The van der Waals surface area contributed by atoms with E-state index in [1.807, 2.05) is 65.1 Å². The lowest BCUT2D eigenvalue weighted by molar-refractivity contribution is -0.120. The topological polar surface area (TPSA) is 182 Å². The second-order valence-corrected chi connectivity index (χ2v) is 18.0. The highest BCUT2D eigenvalue weighted by atomic mass is 16.5. The summed E-state index contributed by atoms with van der Waals surface area (Å²) in [4.78, 5) is 67.7. The molecule has 4 aromatic heterocycles. The van der Waals surface area contributed by atoms with E-state index in [0.717, 1.165) is 115 Å². The Morgan fingerprint density at radius 3 is 2.29 bits per heavy atom. The van der Waals surface area contributed by atoms with E-state index in [1.54, 1.807) is 11.2 Å². The summed E-state index contributed by atoms with van der Waals surface area (Å²) in [7, 11) is 0. The van der Waals surface area contributed by atoms with Crippen LogP contribution in [0.25, 0.3) is 33.7 Å². The van der Waals surface area contributed by atoms with Gasteiger partial charge in [0.05, 0.1) is 35.0 Å². The zero-order chi connectivity index (χ0) is 43.8. The number of rotatable bonds is 10. The molecule has 0 unspecified atom stereocenters. The van der Waals surface area contributed by atoms with E-state index in [0.29, 0.717) is 24.8 Å². The van der Waals surface area contributed by atoms with Crippen LogP contribution >= 0.6 is 0 Å². The lowest BCUT2D eigenvalue weighted by Gasteiger charge is -2.40. The molecule has 1 atom stereocenters. The number of piperazine rings is 1. The SMILES string of the molecule is Cc1cc(-c2ncnc3[nH]c(-c4ccc(N5CCN(CC6CCN(c7ccc(N8CCC(=O)NC8=O)cc7)CC6)CC5)cn4)cc23)ccc1[C@@H](C)NC(=O)c1noc(C(C)(C)C)n1. The lowest BCUT2D eigenvalue weighted by Crippen LogP contribution is -2.49. The van der Waals surface area contributed by atoms with Gasteiger partial charge >= 0.3 is 6.03 Å². The number of carbonyl (C=O) groups excluding carboxylic acids is 3. The first-order chi connectivity index (χ1) is 30.4. The molecule has 16 heteroatoms. The Labute approximate surface area is 366 Å². The predicted octanol–water partition coefficient (Wildman–Crippen LogP) is 6.65. The molecule has 0 bridgehead atoms. The maximum absolute atomic E-state index is 13.0. The molecular weight excluding hydrogens is 797 g/mol. The first kappa shape index (κ1) is 41.7. The number of hydrogen-bond donors (Lipinski definition) is 3. The number of aryl methyl sites for hydroxylation is 1. The van der Waals surface area contributed by atoms with Crippen LogP contribution in [0.5, 0.6) is 0 Å². The Morgan fingerprint density at radius 2 is 1.60 bits per heavy atom. The van der Waals surface area contributed by atoms with Crippen molar-refractivity contribution in [3.05, 3.63) is 96.0 Å². The maximum Gasteiger partial charge on any atom is 0.328 e. The number of H-pyrrole nitrogens is 1. The molecule has 3 N–H and O–H groups in total. The van der Waals surface area contributed by atoms with E-state index >= 15 is 0 Å².